The molecule has 1 aliphatic rings. The van der Waals surface area contributed by atoms with Gasteiger partial charge in [0.05, 0.1) is 6.61 Å². The molecule has 1 aliphatic carbocycles. The largest absolute Gasteiger partial charge is 0.395 e. The third kappa shape index (κ3) is 3.65. The van der Waals surface area contributed by atoms with Crippen molar-refractivity contribution in [3.05, 3.63) is 35.9 Å². The highest BCUT2D eigenvalue weighted by atomic mass is 16.3. The lowest BCUT2D eigenvalue weighted by Gasteiger charge is -2.15. The lowest BCUT2D eigenvalue weighted by molar-refractivity contribution is 0.234. The predicted octanol–water partition coefficient (Wildman–Crippen LogP) is 1.73. The quantitative estimate of drug-likeness (QED) is 0.741. The zero-order valence-corrected chi connectivity index (χ0v) is 9.02. The van der Waals surface area contributed by atoms with E-state index in [-0.39, 0.29) is 12.6 Å². The number of aryl methyl sites for hydroxylation is 1. The zero-order valence-electron chi connectivity index (χ0n) is 9.02. The van der Waals surface area contributed by atoms with Gasteiger partial charge in [-0.25, -0.2) is 0 Å². The van der Waals surface area contributed by atoms with E-state index in [1.807, 2.05) is 6.07 Å². The number of hydrogen-bond donors (Lipinski definition) is 2. The molecule has 2 heteroatoms. The first-order valence-electron chi connectivity index (χ1n) is 5.79. The van der Waals surface area contributed by atoms with E-state index < -0.39 is 0 Å². The number of nitrogens with one attached hydrogen (secondary N) is 1. The maximum absolute atomic E-state index is 9.22. The van der Waals surface area contributed by atoms with Crippen molar-refractivity contribution in [1.29, 1.82) is 0 Å². The van der Waals surface area contributed by atoms with Crippen LogP contribution in [0.4, 0.5) is 0 Å². The van der Waals surface area contributed by atoms with Gasteiger partial charge in [0.25, 0.3) is 0 Å². The van der Waals surface area contributed by atoms with Gasteiger partial charge < -0.3 is 10.4 Å². The number of aliphatic hydroxyl groups excluding tert-OH is 1. The zero-order chi connectivity index (χ0) is 10.5. The van der Waals surface area contributed by atoms with Gasteiger partial charge in [0.15, 0.2) is 0 Å². The molecule has 0 spiro atoms. The lowest BCUT2D eigenvalue weighted by atomic mass is 10.1. The summed E-state index contributed by atoms with van der Waals surface area (Å²) >= 11 is 0. The Hall–Kier alpha value is -0.860. The standard InChI is InChI=1S/C13H19NO/c15-10-13(14-12-8-9-12)7-6-11-4-2-1-3-5-11/h1-5,12-15H,6-10H2. The molecule has 0 saturated heterocycles. The third-order valence-corrected chi connectivity index (χ3v) is 2.89. The maximum atomic E-state index is 9.22. The summed E-state index contributed by atoms with van der Waals surface area (Å²) in [5.74, 6) is 0. The Morgan fingerprint density at radius 2 is 2.00 bits per heavy atom. The van der Waals surface area contributed by atoms with Crippen LogP contribution < -0.4 is 5.32 Å². The first-order valence-corrected chi connectivity index (χ1v) is 5.79. The molecule has 1 saturated carbocycles. The van der Waals surface area contributed by atoms with Crippen molar-refractivity contribution in [3.63, 3.8) is 0 Å². The Morgan fingerprint density at radius 1 is 1.27 bits per heavy atom. The summed E-state index contributed by atoms with van der Waals surface area (Å²) < 4.78 is 0. The normalized spacial score (nSPS) is 17.7. The van der Waals surface area contributed by atoms with Crippen LogP contribution in [0.2, 0.25) is 0 Å². The van der Waals surface area contributed by atoms with Crippen LogP contribution in [-0.4, -0.2) is 23.8 Å². The first-order chi connectivity index (χ1) is 7.38. The smallest absolute Gasteiger partial charge is 0.0584 e. The number of rotatable bonds is 6. The fourth-order valence-corrected chi connectivity index (χ4v) is 1.80. The molecule has 82 valence electrons. The molecule has 0 aromatic heterocycles. The van der Waals surface area contributed by atoms with Crippen molar-refractivity contribution in [2.75, 3.05) is 6.61 Å². The van der Waals surface area contributed by atoms with E-state index in [0.717, 1.165) is 12.8 Å². The molecular weight excluding hydrogens is 186 g/mol. The highest BCUT2D eigenvalue weighted by molar-refractivity contribution is 5.14. The monoisotopic (exact) mass is 205 g/mol. The van der Waals surface area contributed by atoms with Gasteiger partial charge in [-0.15, -0.1) is 0 Å². The Labute approximate surface area is 91.3 Å². The van der Waals surface area contributed by atoms with Gasteiger partial charge >= 0.3 is 0 Å². The summed E-state index contributed by atoms with van der Waals surface area (Å²) in [5.41, 5.74) is 1.36. The lowest BCUT2D eigenvalue weighted by Crippen LogP contribution is -2.34. The van der Waals surface area contributed by atoms with Crippen LogP contribution >= 0.6 is 0 Å². The van der Waals surface area contributed by atoms with Crippen LogP contribution in [0.5, 0.6) is 0 Å². The summed E-state index contributed by atoms with van der Waals surface area (Å²) in [6.45, 7) is 0.253. The minimum absolute atomic E-state index is 0.253. The minimum Gasteiger partial charge on any atom is -0.395 e. The maximum Gasteiger partial charge on any atom is 0.0584 e. The molecule has 1 fully saturated rings. The van der Waals surface area contributed by atoms with Gasteiger partial charge in [-0.1, -0.05) is 30.3 Å². The van der Waals surface area contributed by atoms with Crippen LogP contribution in [-0.2, 0) is 6.42 Å². The number of benzene rings is 1. The Kier molecular flexibility index (Phi) is 3.75. The van der Waals surface area contributed by atoms with Crippen LogP contribution in [0.15, 0.2) is 30.3 Å². The van der Waals surface area contributed by atoms with Gasteiger partial charge in [0, 0.05) is 12.1 Å². The van der Waals surface area contributed by atoms with Crippen molar-refractivity contribution in [1.82, 2.24) is 5.32 Å². The van der Waals surface area contributed by atoms with Crippen molar-refractivity contribution in [2.24, 2.45) is 0 Å². The predicted molar refractivity (Wildman–Crippen MR) is 61.8 cm³/mol. The summed E-state index contributed by atoms with van der Waals surface area (Å²) in [7, 11) is 0. The summed E-state index contributed by atoms with van der Waals surface area (Å²) in [6, 6.07) is 11.4. The topological polar surface area (TPSA) is 32.3 Å². The molecule has 2 nitrogen and oxygen atoms in total. The van der Waals surface area contributed by atoms with Crippen molar-refractivity contribution in [2.45, 2.75) is 37.8 Å². The van der Waals surface area contributed by atoms with Crippen molar-refractivity contribution in [3.8, 4) is 0 Å². The van der Waals surface area contributed by atoms with Gasteiger partial charge in [-0.2, -0.15) is 0 Å². The molecule has 1 aromatic rings. The van der Waals surface area contributed by atoms with Crippen molar-refractivity contribution >= 4 is 0 Å². The Bertz CT molecular complexity index is 282. The van der Waals surface area contributed by atoms with Crippen LogP contribution in [0.25, 0.3) is 0 Å². The second-order valence-electron chi connectivity index (χ2n) is 4.34. The van der Waals surface area contributed by atoms with E-state index in [0.29, 0.717) is 6.04 Å². The Balaban J connectivity index is 1.75. The molecule has 15 heavy (non-hydrogen) atoms. The van der Waals surface area contributed by atoms with Gasteiger partial charge in [-0.3, -0.25) is 0 Å². The minimum atomic E-state index is 0.253. The highest BCUT2D eigenvalue weighted by Gasteiger charge is 2.23. The fraction of sp³-hybridized carbons (Fsp3) is 0.538. The van der Waals surface area contributed by atoms with Crippen molar-refractivity contribution < 1.29 is 5.11 Å². The van der Waals surface area contributed by atoms with Crippen LogP contribution in [0, 0.1) is 0 Å². The molecule has 1 atom stereocenters. The molecule has 2 rings (SSSR count). The molecule has 1 unspecified atom stereocenters. The number of hydrogen-bond acceptors (Lipinski definition) is 2. The van der Waals surface area contributed by atoms with E-state index in [4.69, 9.17) is 0 Å². The van der Waals surface area contributed by atoms with E-state index in [2.05, 4.69) is 29.6 Å². The second kappa shape index (κ2) is 5.29. The molecule has 0 heterocycles. The summed E-state index contributed by atoms with van der Waals surface area (Å²) in [4.78, 5) is 0. The van der Waals surface area contributed by atoms with E-state index in [1.165, 1.54) is 18.4 Å². The fourth-order valence-electron chi connectivity index (χ4n) is 1.80. The molecule has 2 N–H and O–H groups in total. The highest BCUT2D eigenvalue weighted by Crippen LogP contribution is 2.20. The van der Waals surface area contributed by atoms with E-state index in [9.17, 15) is 5.11 Å². The van der Waals surface area contributed by atoms with E-state index >= 15 is 0 Å². The molecule has 1 aromatic carbocycles. The second-order valence-corrected chi connectivity index (χ2v) is 4.34. The summed E-state index contributed by atoms with van der Waals surface area (Å²) in [5, 5.41) is 12.7. The third-order valence-electron chi connectivity index (χ3n) is 2.89. The average Bonchev–Trinajstić information content (AvgIpc) is 3.09. The SMILES string of the molecule is OCC(CCc1ccccc1)NC1CC1. The van der Waals surface area contributed by atoms with Crippen LogP contribution in [0.1, 0.15) is 24.8 Å². The van der Waals surface area contributed by atoms with Gasteiger partial charge in [-0.05, 0) is 31.2 Å². The number of aliphatic hydroxyl groups is 1. The average molecular weight is 205 g/mol. The van der Waals surface area contributed by atoms with E-state index in [1.54, 1.807) is 0 Å². The van der Waals surface area contributed by atoms with Crippen LogP contribution in [0.3, 0.4) is 0 Å². The first kappa shape index (κ1) is 10.7. The van der Waals surface area contributed by atoms with Gasteiger partial charge in [0.1, 0.15) is 0 Å². The molecule has 0 bridgehead atoms. The molecule has 0 amide bonds. The molecule has 0 aliphatic heterocycles. The molecule has 0 radical (unpaired) electrons. The van der Waals surface area contributed by atoms with Gasteiger partial charge in [0.2, 0.25) is 0 Å². The molecular formula is C13H19NO. The summed E-state index contributed by atoms with van der Waals surface area (Å²) in [6.07, 6.45) is 4.63. The Morgan fingerprint density at radius 3 is 2.60 bits per heavy atom.